The third-order valence-electron chi connectivity index (χ3n) is 6.08. The number of nitrogens with two attached hydrogens (primary N) is 1. The first-order valence-electron chi connectivity index (χ1n) is 11.3. The molecular weight excluding hydrogens is 444 g/mol. The second kappa shape index (κ2) is 9.34. The Morgan fingerprint density at radius 3 is 2.60 bits per heavy atom. The minimum absolute atomic E-state index is 0.118. The third kappa shape index (κ3) is 4.21. The van der Waals surface area contributed by atoms with Gasteiger partial charge in [-0.2, -0.15) is 0 Å². The maximum Gasteiger partial charge on any atom is 0.258 e. The van der Waals surface area contributed by atoms with E-state index < -0.39 is 0 Å². The van der Waals surface area contributed by atoms with Crippen LogP contribution in [-0.2, 0) is 4.79 Å². The minimum Gasteiger partial charge on any atom is -0.382 e. The van der Waals surface area contributed by atoms with E-state index in [2.05, 4.69) is 26.8 Å². The van der Waals surface area contributed by atoms with Crippen molar-refractivity contribution in [1.82, 2.24) is 29.2 Å². The molecule has 0 bridgehead atoms. The van der Waals surface area contributed by atoms with Crippen molar-refractivity contribution in [2.75, 3.05) is 17.6 Å². The number of anilines is 2. The highest BCUT2D eigenvalue weighted by Crippen LogP contribution is 2.35. The number of hydrogen-bond acceptors (Lipinski definition) is 7. The Morgan fingerprint density at radius 1 is 1.09 bits per heavy atom. The van der Waals surface area contributed by atoms with Gasteiger partial charge in [-0.1, -0.05) is 18.7 Å². The number of fused-ring (bicyclic) bond motifs is 1. The fourth-order valence-corrected chi connectivity index (χ4v) is 4.42. The predicted molar refractivity (Wildman–Crippen MR) is 131 cm³/mol. The molecule has 1 fully saturated rings. The molecule has 1 aromatic carbocycles. The molecule has 5 rings (SSSR count). The van der Waals surface area contributed by atoms with Crippen LogP contribution in [0.15, 0.2) is 67.8 Å². The van der Waals surface area contributed by atoms with E-state index in [4.69, 9.17) is 10.7 Å². The van der Waals surface area contributed by atoms with Gasteiger partial charge in [-0.3, -0.25) is 19.3 Å². The molecule has 10 nitrogen and oxygen atoms in total. The number of carbonyl (C=O) groups excluding carboxylic acids is 2. The van der Waals surface area contributed by atoms with Gasteiger partial charge in [0.2, 0.25) is 11.9 Å². The van der Waals surface area contributed by atoms with E-state index in [1.54, 1.807) is 36.8 Å². The number of aromatic nitrogens is 5. The van der Waals surface area contributed by atoms with Crippen molar-refractivity contribution in [3.63, 3.8) is 0 Å². The maximum absolute atomic E-state index is 12.6. The number of rotatable bonds is 5. The zero-order chi connectivity index (χ0) is 24.4. The first kappa shape index (κ1) is 22.2. The van der Waals surface area contributed by atoms with Crippen molar-refractivity contribution in [3.05, 3.63) is 79.2 Å². The van der Waals surface area contributed by atoms with Gasteiger partial charge in [0.05, 0.1) is 6.04 Å². The van der Waals surface area contributed by atoms with Crippen molar-refractivity contribution in [2.24, 2.45) is 0 Å². The van der Waals surface area contributed by atoms with Crippen LogP contribution >= 0.6 is 0 Å². The van der Waals surface area contributed by atoms with Crippen LogP contribution in [-0.4, -0.2) is 47.6 Å². The molecule has 4 heterocycles. The Balaban J connectivity index is 1.52. The van der Waals surface area contributed by atoms with Crippen molar-refractivity contribution >= 4 is 29.1 Å². The summed E-state index contributed by atoms with van der Waals surface area (Å²) < 4.78 is 1.91. The third-order valence-corrected chi connectivity index (χ3v) is 6.08. The zero-order valence-electron chi connectivity index (χ0n) is 19.0. The number of carbonyl (C=O) groups is 2. The maximum atomic E-state index is 12.6. The lowest BCUT2D eigenvalue weighted by atomic mass is 10.0. The summed E-state index contributed by atoms with van der Waals surface area (Å²) in [5.74, 6) is 0.855. The number of nitrogens with one attached hydrogen (secondary N) is 1. The largest absolute Gasteiger partial charge is 0.382 e. The molecule has 4 aromatic rings. The van der Waals surface area contributed by atoms with Crippen LogP contribution in [0.1, 0.15) is 41.5 Å². The smallest absolute Gasteiger partial charge is 0.258 e. The molecule has 2 amide bonds. The van der Waals surface area contributed by atoms with Crippen LogP contribution < -0.4 is 11.1 Å². The van der Waals surface area contributed by atoms with Crippen LogP contribution in [0, 0.1) is 0 Å². The van der Waals surface area contributed by atoms with Gasteiger partial charge in [0.25, 0.3) is 5.91 Å². The average Bonchev–Trinajstić information content (AvgIpc) is 3.30. The number of nitrogen functional groups attached to an aromatic ring is 1. The van der Waals surface area contributed by atoms with E-state index in [-0.39, 0.29) is 23.8 Å². The highest BCUT2D eigenvalue weighted by Gasteiger charge is 2.31. The summed E-state index contributed by atoms with van der Waals surface area (Å²) in [5.41, 5.74) is 8.80. The monoisotopic (exact) mass is 468 g/mol. The molecule has 176 valence electrons. The normalized spacial score (nSPS) is 15.7. The Morgan fingerprint density at radius 2 is 1.86 bits per heavy atom. The van der Waals surface area contributed by atoms with E-state index >= 15 is 0 Å². The second-order valence-corrected chi connectivity index (χ2v) is 8.20. The topological polar surface area (TPSA) is 131 Å². The molecule has 0 spiro atoms. The Bertz CT molecular complexity index is 1400. The molecule has 0 radical (unpaired) electrons. The molecule has 35 heavy (non-hydrogen) atoms. The van der Waals surface area contributed by atoms with E-state index in [0.29, 0.717) is 29.1 Å². The summed E-state index contributed by atoms with van der Waals surface area (Å²) in [6.07, 6.45) is 10.6. The molecular formula is C25H24N8O2. The van der Waals surface area contributed by atoms with E-state index in [0.717, 1.165) is 30.7 Å². The average molecular weight is 469 g/mol. The van der Waals surface area contributed by atoms with Crippen molar-refractivity contribution in [3.8, 4) is 11.3 Å². The van der Waals surface area contributed by atoms with E-state index in [1.807, 2.05) is 27.6 Å². The Kier molecular flexibility index (Phi) is 5.92. The highest BCUT2D eigenvalue weighted by molar-refractivity contribution is 6.03. The van der Waals surface area contributed by atoms with Crippen LogP contribution in [0.25, 0.3) is 16.8 Å². The molecule has 0 saturated carbocycles. The molecule has 1 aliphatic rings. The summed E-state index contributed by atoms with van der Waals surface area (Å²) in [4.78, 5) is 44.2. The summed E-state index contributed by atoms with van der Waals surface area (Å²) in [5, 5.41) is 2.67. The Hall–Kier alpha value is -4.60. The number of benzene rings is 1. The summed E-state index contributed by atoms with van der Waals surface area (Å²) in [6.45, 7) is 4.30. The van der Waals surface area contributed by atoms with E-state index in [9.17, 15) is 9.59 Å². The fraction of sp³-hybridized carbons (Fsp3) is 0.200. The SMILES string of the molecule is C=CC(=O)N1CCCC[C@H]1c1nc(-c2ccc(C(=O)Nc3ncccn3)cc2)c2c(N)nccn12. The fourth-order valence-electron chi connectivity index (χ4n) is 4.42. The molecule has 0 unspecified atom stereocenters. The van der Waals surface area contributed by atoms with Gasteiger partial charge >= 0.3 is 0 Å². The van der Waals surface area contributed by atoms with Crippen molar-refractivity contribution in [2.45, 2.75) is 25.3 Å². The van der Waals surface area contributed by atoms with Crippen LogP contribution in [0.2, 0.25) is 0 Å². The zero-order valence-corrected chi connectivity index (χ0v) is 19.0. The summed E-state index contributed by atoms with van der Waals surface area (Å²) >= 11 is 0. The standard InChI is InChI=1S/C25H24N8O2/c1-2-19(34)32-14-4-3-6-18(32)23-30-20(21-22(26)27-13-15-33(21)23)16-7-9-17(10-8-16)24(35)31-25-28-11-5-12-29-25/h2,5,7-13,15,18H,1,3-4,6,14H2,(H2,26,27)(H,28,29,31,35)/t18-/m0/s1. The minimum atomic E-state index is -0.319. The number of nitrogens with zero attached hydrogens (tertiary/aromatic N) is 6. The lowest BCUT2D eigenvalue weighted by Gasteiger charge is -2.34. The van der Waals surface area contributed by atoms with Gasteiger partial charge < -0.3 is 10.6 Å². The molecule has 10 heteroatoms. The number of piperidine rings is 1. The first-order valence-corrected chi connectivity index (χ1v) is 11.3. The summed E-state index contributed by atoms with van der Waals surface area (Å²) in [7, 11) is 0. The molecule has 0 aliphatic carbocycles. The molecule has 1 atom stereocenters. The molecule has 1 saturated heterocycles. The molecule has 1 aliphatic heterocycles. The lowest BCUT2D eigenvalue weighted by molar-refractivity contribution is -0.129. The van der Waals surface area contributed by atoms with Gasteiger partial charge in [0.1, 0.15) is 22.9 Å². The van der Waals surface area contributed by atoms with Crippen molar-refractivity contribution < 1.29 is 9.59 Å². The molecule has 3 N–H and O–H groups in total. The Labute approximate surface area is 201 Å². The quantitative estimate of drug-likeness (QED) is 0.430. The van der Waals surface area contributed by atoms with Gasteiger partial charge in [0, 0.05) is 42.5 Å². The number of imidazole rings is 1. The van der Waals surface area contributed by atoms with Crippen LogP contribution in [0.3, 0.4) is 0 Å². The van der Waals surface area contributed by atoms with Gasteiger partial charge in [0.15, 0.2) is 0 Å². The van der Waals surface area contributed by atoms with Gasteiger partial charge in [-0.25, -0.2) is 19.9 Å². The number of hydrogen-bond donors (Lipinski definition) is 2. The number of likely N-dealkylation sites (tertiary alicyclic amines) is 1. The lowest BCUT2D eigenvalue weighted by Crippen LogP contribution is -2.38. The predicted octanol–water partition coefficient (Wildman–Crippen LogP) is 3.26. The van der Waals surface area contributed by atoms with Crippen LogP contribution in [0.5, 0.6) is 0 Å². The van der Waals surface area contributed by atoms with Crippen LogP contribution in [0.4, 0.5) is 11.8 Å². The number of amides is 2. The van der Waals surface area contributed by atoms with Gasteiger partial charge in [-0.05, 0) is 43.5 Å². The first-order chi connectivity index (χ1) is 17.1. The van der Waals surface area contributed by atoms with E-state index in [1.165, 1.54) is 6.08 Å². The summed E-state index contributed by atoms with van der Waals surface area (Å²) in [6, 6.07) is 8.51. The highest BCUT2D eigenvalue weighted by atomic mass is 16.2. The van der Waals surface area contributed by atoms with Gasteiger partial charge in [-0.15, -0.1) is 0 Å². The molecule has 3 aromatic heterocycles. The van der Waals surface area contributed by atoms with Crippen molar-refractivity contribution in [1.29, 1.82) is 0 Å². The second-order valence-electron chi connectivity index (χ2n) is 8.20.